The van der Waals surface area contributed by atoms with Crippen molar-refractivity contribution in [1.29, 1.82) is 0 Å². The van der Waals surface area contributed by atoms with E-state index in [2.05, 4.69) is 43.5 Å². The molecule has 0 saturated heterocycles. The second-order valence-electron chi connectivity index (χ2n) is 30.2. The molecule has 0 rings (SSSR count). The minimum atomic E-state index is -0.843. The van der Waals surface area contributed by atoms with Crippen LogP contribution in [0.3, 0.4) is 0 Å². The molecule has 0 spiro atoms. The average Bonchev–Trinajstić information content (AvgIpc) is 3.06. The molecule has 0 aliphatic rings. The summed E-state index contributed by atoms with van der Waals surface area (Å²) in [7, 11) is 0. The number of rotatable bonds is 83. The van der Waals surface area contributed by atoms with Crippen LogP contribution in [0.2, 0.25) is 0 Å². The topological polar surface area (TPSA) is 95.9 Å². The van der Waals surface area contributed by atoms with E-state index < -0.39 is 12.1 Å². The summed E-state index contributed by atoms with van der Waals surface area (Å²) in [5.74, 6) is -0.0424. The molecule has 2 atom stereocenters. The van der Waals surface area contributed by atoms with Crippen molar-refractivity contribution in [2.24, 2.45) is 0 Å². The molecule has 0 fully saturated rings. The van der Waals surface area contributed by atoms with Gasteiger partial charge < -0.3 is 20.3 Å². The van der Waals surface area contributed by atoms with Gasteiger partial charge in [0, 0.05) is 12.8 Å². The Balaban J connectivity index is 3.35. The van der Waals surface area contributed by atoms with Crippen LogP contribution in [0.4, 0.5) is 0 Å². The molecule has 0 radical (unpaired) electrons. The molecule has 2 unspecified atom stereocenters. The second-order valence-corrected chi connectivity index (χ2v) is 30.2. The Labute approximate surface area is 595 Å². The highest BCUT2D eigenvalue weighted by atomic mass is 16.5. The zero-order valence-electron chi connectivity index (χ0n) is 64.7. The van der Waals surface area contributed by atoms with Crippen LogP contribution in [0.25, 0.3) is 0 Å². The number of ether oxygens (including phenoxy) is 1. The lowest BCUT2D eigenvalue weighted by Gasteiger charge is -2.20. The van der Waals surface area contributed by atoms with E-state index in [9.17, 15) is 19.8 Å². The number of esters is 1. The molecular weight excluding hydrogens is 1160 g/mol. The first-order valence-corrected chi connectivity index (χ1v) is 43.8. The third-order valence-corrected chi connectivity index (χ3v) is 20.6. The molecule has 0 saturated carbocycles. The summed E-state index contributed by atoms with van der Waals surface area (Å²) >= 11 is 0. The van der Waals surface area contributed by atoms with Crippen molar-refractivity contribution in [2.75, 3.05) is 13.2 Å². The van der Waals surface area contributed by atoms with E-state index in [1.807, 2.05) is 6.08 Å². The van der Waals surface area contributed by atoms with Gasteiger partial charge in [0.05, 0.1) is 25.4 Å². The van der Waals surface area contributed by atoms with Gasteiger partial charge >= 0.3 is 5.97 Å². The van der Waals surface area contributed by atoms with Crippen molar-refractivity contribution in [2.45, 2.75) is 508 Å². The predicted molar refractivity (Wildman–Crippen MR) is 421 cm³/mol. The van der Waals surface area contributed by atoms with E-state index in [-0.39, 0.29) is 18.5 Å². The smallest absolute Gasteiger partial charge is 0.305 e. The largest absolute Gasteiger partial charge is 0.466 e. The summed E-state index contributed by atoms with van der Waals surface area (Å²) in [5.41, 5.74) is 0. The van der Waals surface area contributed by atoms with Crippen LogP contribution >= 0.6 is 0 Å². The molecule has 0 aliphatic carbocycles. The quantitative estimate of drug-likeness (QED) is 0.0320. The van der Waals surface area contributed by atoms with E-state index in [1.54, 1.807) is 6.08 Å². The molecule has 0 aromatic rings. The van der Waals surface area contributed by atoms with Crippen molar-refractivity contribution < 1.29 is 24.5 Å². The summed E-state index contributed by atoms with van der Waals surface area (Å²) < 4.78 is 5.51. The third kappa shape index (κ3) is 80.9. The van der Waals surface area contributed by atoms with Gasteiger partial charge in [-0.25, -0.2) is 0 Å². The summed E-state index contributed by atoms with van der Waals surface area (Å²) in [6.07, 6.45) is 112. The number of hydrogen-bond acceptors (Lipinski definition) is 5. The molecule has 0 aromatic heterocycles. The maximum atomic E-state index is 12.6. The fourth-order valence-electron chi connectivity index (χ4n) is 14.0. The molecule has 6 heteroatoms. The van der Waals surface area contributed by atoms with Crippen molar-refractivity contribution in [3.8, 4) is 0 Å². The Kier molecular flexibility index (Phi) is 82.8. The van der Waals surface area contributed by atoms with Crippen molar-refractivity contribution in [1.82, 2.24) is 5.32 Å². The van der Waals surface area contributed by atoms with E-state index in [0.29, 0.717) is 19.4 Å². The van der Waals surface area contributed by atoms with Crippen molar-refractivity contribution in [3.63, 3.8) is 0 Å². The van der Waals surface area contributed by atoms with Gasteiger partial charge in [-0.3, -0.25) is 9.59 Å². The molecule has 562 valence electrons. The predicted octanol–water partition coefficient (Wildman–Crippen LogP) is 29.3. The molecule has 3 N–H and O–H groups in total. The fourth-order valence-corrected chi connectivity index (χ4v) is 14.0. The Morgan fingerprint density at radius 1 is 0.284 bits per heavy atom. The highest BCUT2D eigenvalue weighted by molar-refractivity contribution is 5.76. The van der Waals surface area contributed by atoms with Gasteiger partial charge in [-0.05, 0) is 83.5 Å². The first-order chi connectivity index (χ1) is 47.0. The number of amides is 1. The monoisotopic (exact) mass is 1330 g/mol. The highest BCUT2D eigenvalue weighted by Gasteiger charge is 2.18. The number of allylic oxidation sites excluding steroid dienone is 5. The minimum absolute atomic E-state index is 0.0158. The van der Waals surface area contributed by atoms with Crippen LogP contribution in [0.15, 0.2) is 36.5 Å². The normalized spacial score (nSPS) is 12.6. The number of carbonyl (C=O) groups excluding carboxylic acids is 2. The number of carbonyl (C=O) groups is 2. The van der Waals surface area contributed by atoms with Crippen LogP contribution < -0.4 is 5.32 Å². The standard InChI is InChI=1S/C89H171NO5/c1-3-5-7-9-11-13-15-17-19-21-22-23-41-44-47-50-53-57-61-65-69-73-77-81-87(92)86(85-91)90-88(93)82-78-74-70-66-62-58-54-51-48-45-42-39-37-35-33-31-29-27-25-24-26-28-30-32-34-36-38-40-43-46-49-52-56-60-64-68-72-76-80-84-95-89(94)83-79-75-71-67-63-59-55-20-18-16-14-12-10-8-6-4-2/h20,24-25,55,77,81,86-87,91-92H,3-19,21-23,26-54,56-76,78-80,82-85H2,1-2H3,(H,90,93)/b25-24-,55-20-,81-77+. The van der Waals surface area contributed by atoms with E-state index in [0.717, 1.165) is 44.9 Å². The zero-order chi connectivity index (χ0) is 68.4. The minimum Gasteiger partial charge on any atom is -0.466 e. The van der Waals surface area contributed by atoms with Gasteiger partial charge in [0.2, 0.25) is 5.91 Å². The van der Waals surface area contributed by atoms with Crippen LogP contribution in [-0.4, -0.2) is 47.4 Å². The van der Waals surface area contributed by atoms with Gasteiger partial charge in [-0.15, -0.1) is 0 Å². The number of nitrogens with one attached hydrogen (secondary N) is 1. The molecule has 95 heavy (non-hydrogen) atoms. The molecule has 6 nitrogen and oxygen atoms in total. The van der Waals surface area contributed by atoms with Crippen LogP contribution in [0.1, 0.15) is 495 Å². The maximum Gasteiger partial charge on any atom is 0.305 e. The van der Waals surface area contributed by atoms with Crippen molar-refractivity contribution in [3.05, 3.63) is 36.5 Å². The molecule has 0 aliphatic heterocycles. The van der Waals surface area contributed by atoms with Crippen LogP contribution in [0, 0.1) is 0 Å². The number of unbranched alkanes of at least 4 members (excludes halogenated alkanes) is 68. The van der Waals surface area contributed by atoms with Gasteiger partial charge in [0.25, 0.3) is 0 Å². The van der Waals surface area contributed by atoms with Gasteiger partial charge in [-0.1, -0.05) is 436 Å². The van der Waals surface area contributed by atoms with E-state index in [4.69, 9.17) is 4.74 Å². The number of hydrogen-bond donors (Lipinski definition) is 3. The summed E-state index contributed by atoms with van der Waals surface area (Å²) in [6.45, 7) is 4.96. The third-order valence-electron chi connectivity index (χ3n) is 20.6. The van der Waals surface area contributed by atoms with Crippen LogP contribution in [-0.2, 0) is 14.3 Å². The van der Waals surface area contributed by atoms with Crippen molar-refractivity contribution >= 4 is 11.9 Å². The van der Waals surface area contributed by atoms with E-state index >= 15 is 0 Å². The molecule has 0 heterocycles. The Morgan fingerprint density at radius 3 is 0.747 bits per heavy atom. The summed E-state index contributed by atoms with van der Waals surface area (Å²) in [4.78, 5) is 24.7. The number of aliphatic hydroxyl groups excluding tert-OH is 2. The molecule has 1 amide bonds. The Bertz CT molecular complexity index is 1540. The highest BCUT2D eigenvalue weighted by Crippen LogP contribution is 2.21. The summed E-state index contributed by atoms with van der Waals surface area (Å²) in [6, 6.07) is -0.626. The Hall–Kier alpha value is -1.92. The van der Waals surface area contributed by atoms with Crippen LogP contribution in [0.5, 0.6) is 0 Å². The Morgan fingerprint density at radius 2 is 0.495 bits per heavy atom. The lowest BCUT2D eigenvalue weighted by molar-refractivity contribution is -0.143. The summed E-state index contributed by atoms with van der Waals surface area (Å²) in [5, 5.41) is 23.3. The lowest BCUT2D eigenvalue weighted by Crippen LogP contribution is -2.45. The maximum absolute atomic E-state index is 12.6. The first kappa shape index (κ1) is 93.1. The lowest BCUT2D eigenvalue weighted by atomic mass is 10.0. The van der Waals surface area contributed by atoms with Gasteiger partial charge in [-0.2, -0.15) is 0 Å². The second kappa shape index (κ2) is 84.5. The first-order valence-electron chi connectivity index (χ1n) is 43.8. The molecule has 0 aromatic carbocycles. The molecule has 0 bridgehead atoms. The van der Waals surface area contributed by atoms with E-state index in [1.165, 1.54) is 424 Å². The van der Waals surface area contributed by atoms with Gasteiger partial charge in [0.1, 0.15) is 0 Å². The SMILES string of the molecule is CCCCCCCCC/C=C\CCCCCCCC(=O)OCCCCCCCCCCCCCCCCCCCC/C=C\CCCCCCCCCCCCCCCCCCCC(=O)NC(CO)C(O)/C=C/CCCCCCCCCCCCCCCCCCCCCCC. The number of aliphatic hydroxyl groups is 2. The molecular formula is C89H171NO5. The fraction of sp³-hybridized carbons (Fsp3) is 0.910. The zero-order valence-corrected chi connectivity index (χ0v) is 64.7. The average molecular weight is 1340 g/mol. The van der Waals surface area contributed by atoms with Gasteiger partial charge in [0.15, 0.2) is 0 Å².